The molecule has 2 aromatic carbocycles. The first-order valence-electron chi connectivity index (χ1n) is 7.57. The van der Waals surface area contributed by atoms with Gasteiger partial charge in [0.2, 0.25) is 0 Å². The summed E-state index contributed by atoms with van der Waals surface area (Å²) in [6.45, 7) is 0. The quantitative estimate of drug-likeness (QED) is 0.371. The average Bonchev–Trinajstić information content (AvgIpc) is 3.12. The van der Waals surface area contributed by atoms with E-state index in [9.17, 15) is 14.9 Å². The van der Waals surface area contributed by atoms with Gasteiger partial charge < -0.3 is 4.42 Å². The predicted molar refractivity (Wildman–Crippen MR) is 102 cm³/mol. The zero-order valence-corrected chi connectivity index (χ0v) is 15.1. The molecule has 9 heteroatoms. The standard InChI is InChI=1S/C18H11Cl2N3O4/c19-12-3-7-16(20)15(9-12)17-8-6-14(27-17)10-21-22-18(24)11-1-4-13(5-2-11)23(25)26/h1-10H,(H,22,24)/b21-10+. The minimum Gasteiger partial charge on any atom is -0.455 e. The largest absolute Gasteiger partial charge is 0.455 e. The van der Waals surface area contributed by atoms with Gasteiger partial charge in [-0.3, -0.25) is 14.9 Å². The van der Waals surface area contributed by atoms with Gasteiger partial charge in [-0.1, -0.05) is 23.2 Å². The number of nitro groups is 1. The van der Waals surface area contributed by atoms with Gasteiger partial charge in [0.25, 0.3) is 11.6 Å². The van der Waals surface area contributed by atoms with Crippen molar-refractivity contribution < 1.29 is 14.1 Å². The molecular weight excluding hydrogens is 393 g/mol. The van der Waals surface area contributed by atoms with Crippen LogP contribution >= 0.6 is 23.2 Å². The summed E-state index contributed by atoms with van der Waals surface area (Å²) < 4.78 is 5.62. The normalized spacial score (nSPS) is 10.9. The molecule has 1 amide bonds. The van der Waals surface area contributed by atoms with Gasteiger partial charge in [-0.15, -0.1) is 0 Å². The van der Waals surface area contributed by atoms with Crippen LogP contribution in [0.2, 0.25) is 10.0 Å². The molecule has 3 aromatic rings. The Hall–Kier alpha value is -3.16. The van der Waals surface area contributed by atoms with Crippen molar-refractivity contribution in [1.29, 1.82) is 0 Å². The number of halogens is 2. The van der Waals surface area contributed by atoms with E-state index in [0.29, 0.717) is 27.1 Å². The van der Waals surface area contributed by atoms with Crippen LogP contribution in [0.5, 0.6) is 0 Å². The maximum absolute atomic E-state index is 12.0. The third-order valence-corrected chi connectivity index (χ3v) is 4.08. The van der Waals surface area contributed by atoms with Gasteiger partial charge in [0.15, 0.2) is 0 Å². The van der Waals surface area contributed by atoms with E-state index in [4.69, 9.17) is 27.6 Å². The molecule has 0 aliphatic rings. The number of hydrogen-bond donors (Lipinski definition) is 1. The second-order valence-corrected chi connectivity index (χ2v) is 6.17. The van der Waals surface area contributed by atoms with Crippen molar-refractivity contribution >= 4 is 41.0 Å². The topological polar surface area (TPSA) is 97.7 Å². The molecule has 3 rings (SSSR count). The lowest BCUT2D eigenvalue weighted by atomic mass is 10.2. The van der Waals surface area contributed by atoms with E-state index in [2.05, 4.69) is 10.5 Å². The molecule has 1 heterocycles. The predicted octanol–water partition coefficient (Wildman–Crippen LogP) is 4.93. The summed E-state index contributed by atoms with van der Waals surface area (Å²) in [5, 5.41) is 15.4. The van der Waals surface area contributed by atoms with Crippen LogP contribution in [0.4, 0.5) is 5.69 Å². The van der Waals surface area contributed by atoms with Crippen molar-refractivity contribution in [2.75, 3.05) is 0 Å². The number of nitrogens with zero attached hydrogens (tertiary/aromatic N) is 2. The molecule has 0 spiro atoms. The minimum absolute atomic E-state index is 0.0992. The minimum atomic E-state index is -0.541. The maximum atomic E-state index is 12.0. The number of amides is 1. The fraction of sp³-hybridized carbons (Fsp3) is 0. The fourth-order valence-electron chi connectivity index (χ4n) is 2.21. The van der Waals surface area contributed by atoms with Crippen LogP contribution < -0.4 is 5.43 Å². The number of hydrazone groups is 1. The molecule has 0 aliphatic carbocycles. The molecule has 0 unspecified atom stereocenters. The first-order chi connectivity index (χ1) is 12.9. The summed E-state index contributed by atoms with van der Waals surface area (Å²) in [5.74, 6) is 0.390. The van der Waals surface area contributed by atoms with Crippen molar-refractivity contribution in [1.82, 2.24) is 5.43 Å². The summed E-state index contributed by atoms with van der Waals surface area (Å²) >= 11 is 12.1. The average molecular weight is 404 g/mol. The zero-order valence-electron chi connectivity index (χ0n) is 13.6. The monoisotopic (exact) mass is 403 g/mol. The van der Waals surface area contributed by atoms with E-state index in [1.165, 1.54) is 30.5 Å². The Kier molecular flexibility index (Phi) is 5.54. The van der Waals surface area contributed by atoms with Crippen LogP contribution in [0.1, 0.15) is 16.1 Å². The third-order valence-electron chi connectivity index (χ3n) is 3.52. The highest BCUT2D eigenvalue weighted by atomic mass is 35.5. The maximum Gasteiger partial charge on any atom is 0.271 e. The van der Waals surface area contributed by atoms with Crippen LogP contribution in [0.3, 0.4) is 0 Å². The van der Waals surface area contributed by atoms with Gasteiger partial charge in [0.1, 0.15) is 11.5 Å². The summed E-state index contributed by atoms with van der Waals surface area (Å²) in [7, 11) is 0. The van der Waals surface area contributed by atoms with Gasteiger partial charge in [-0.25, -0.2) is 5.43 Å². The summed E-state index contributed by atoms with van der Waals surface area (Å²) in [6.07, 6.45) is 1.32. The molecule has 7 nitrogen and oxygen atoms in total. The van der Waals surface area contributed by atoms with Gasteiger partial charge in [-0.2, -0.15) is 5.10 Å². The number of hydrogen-bond acceptors (Lipinski definition) is 5. The number of carbonyl (C=O) groups excluding carboxylic acids is 1. The number of nitro benzene ring substituents is 1. The van der Waals surface area contributed by atoms with Gasteiger partial charge in [0.05, 0.1) is 16.2 Å². The van der Waals surface area contributed by atoms with E-state index in [0.717, 1.165) is 0 Å². The Morgan fingerprint density at radius 2 is 1.85 bits per heavy atom. The molecule has 0 atom stereocenters. The number of nitrogens with one attached hydrogen (secondary N) is 1. The first kappa shape index (κ1) is 18.6. The van der Waals surface area contributed by atoms with Crippen LogP contribution in [-0.4, -0.2) is 17.0 Å². The Morgan fingerprint density at radius 3 is 2.56 bits per heavy atom. The van der Waals surface area contributed by atoms with E-state index >= 15 is 0 Å². The molecule has 1 aromatic heterocycles. The Balaban J connectivity index is 1.66. The van der Waals surface area contributed by atoms with Crippen molar-refractivity contribution in [3.63, 3.8) is 0 Å². The van der Waals surface area contributed by atoms with E-state index < -0.39 is 10.8 Å². The first-order valence-corrected chi connectivity index (χ1v) is 8.33. The van der Waals surface area contributed by atoms with Crippen molar-refractivity contribution in [2.45, 2.75) is 0 Å². The molecule has 136 valence electrons. The number of non-ortho nitro benzene ring substituents is 1. The molecule has 0 saturated carbocycles. The molecule has 1 N–H and O–H groups in total. The number of furan rings is 1. The van der Waals surface area contributed by atoms with E-state index in [1.54, 1.807) is 30.3 Å². The van der Waals surface area contributed by atoms with Gasteiger partial charge in [-0.05, 0) is 42.5 Å². The number of carbonyl (C=O) groups is 1. The van der Waals surface area contributed by atoms with Gasteiger partial charge in [0, 0.05) is 28.3 Å². The molecule has 0 radical (unpaired) electrons. The Labute approximate surface area is 163 Å². The van der Waals surface area contributed by atoms with Crippen molar-refractivity contribution in [3.05, 3.63) is 86.1 Å². The lowest BCUT2D eigenvalue weighted by Crippen LogP contribution is -2.17. The van der Waals surface area contributed by atoms with Crippen LogP contribution in [0.25, 0.3) is 11.3 Å². The Morgan fingerprint density at radius 1 is 1.11 bits per heavy atom. The van der Waals surface area contributed by atoms with E-state index in [-0.39, 0.29) is 11.3 Å². The highest BCUT2D eigenvalue weighted by molar-refractivity contribution is 6.35. The van der Waals surface area contributed by atoms with E-state index in [1.807, 2.05) is 0 Å². The summed E-state index contributed by atoms with van der Waals surface area (Å²) in [6, 6.07) is 13.6. The molecule has 0 saturated heterocycles. The SMILES string of the molecule is O=C(N/N=C/c1ccc(-c2cc(Cl)ccc2Cl)o1)c1ccc([N+](=O)[O-])cc1. The fourth-order valence-corrected chi connectivity index (χ4v) is 2.59. The lowest BCUT2D eigenvalue weighted by Gasteiger charge is -2.01. The third kappa shape index (κ3) is 4.52. The molecule has 27 heavy (non-hydrogen) atoms. The highest BCUT2D eigenvalue weighted by Gasteiger charge is 2.10. The second-order valence-electron chi connectivity index (χ2n) is 5.33. The van der Waals surface area contributed by atoms with Crippen molar-refractivity contribution in [3.8, 4) is 11.3 Å². The lowest BCUT2D eigenvalue weighted by molar-refractivity contribution is -0.384. The van der Waals surface area contributed by atoms with Crippen LogP contribution in [0.15, 0.2) is 64.1 Å². The van der Waals surface area contributed by atoms with Crippen LogP contribution in [-0.2, 0) is 0 Å². The second kappa shape index (κ2) is 8.03. The van der Waals surface area contributed by atoms with Crippen LogP contribution in [0, 0.1) is 10.1 Å². The molecule has 0 aliphatic heterocycles. The summed E-state index contributed by atoms with van der Waals surface area (Å²) in [5.41, 5.74) is 3.10. The summed E-state index contributed by atoms with van der Waals surface area (Å²) in [4.78, 5) is 22.0. The molecule has 0 fully saturated rings. The van der Waals surface area contributed by atoms with Gasteiger partial charge >= 0.3 is 0 Å². The zero-order chi connectivity index (χ0) is 19.4. The number of benzene rings is 2. The molecule has 0 bridgehead atoms. The smallest absolute Gasteiger partial charge is 0.271 e. The molecular formula is C18H11Cl2N3O4. The Bertz CT molecular complexity index is 1030. The van der Waals surface area contributed by atoms with Crippen molar-refractivity contribution in [2.24, 2.45) is 5.10 Å². The number of rotatable bonds is 5. The highest BCUT2D eigenvalue weighted by Crippen LogP contribution is 2.31.